The van der Waals surface area contributed by atoms with E-state index in [4.69, 9.17) is 4.74 Å². The molecule has 2 aromatic heterocycles. The van der Waals surface area contributed by atoms with Crippen LogP contribution in [0, 0.1) is 0 Å². The second-order valence-corrected chi connectivity index (χ2v) is 5.93. The number of methoxy groups -OCH3 is 1. The highest BCUT2D eigenvalue weighted by Crippen LogP contribution is 2.39. The predicted octanol–water partition coefficient (Wildman–Crippen LogP) is 4.32. The zero-order chi connectivity index (χ0) is 16.3. The number of hydrogen-bond donors (Lipinski definition) is 2. The average molecular weight is 314 g/mol. The van der Waals surface area contributed by atoms with E-state index < -0.39 is 0 Å². The Morgan fingerprint density at radius 2 is 1.42 bits per heavy atom. The van der Waals surface area contributed by atoms with Gasteiger partial charge in [0.25, 0.3) is 5.56 Å². The molecule has 0 saturated carbocycles. The van der Waals surface area contributed by atoms with Crippen LogP contribution in [0.15, 0.2) is 59.4 Å². The van der Waals surface area contributed by atoms with Crippen LogP contribution in [0.3, 0.4) is 0 Å². The highest BCUT2D eigenvalue weighted by molar-refractivity contribution is 6.20. The van der Waals surface area contributed by atoms with Gasteiger partial charge in [-0.1, -0.05) is 36.4 Å². The number of benzene rings is 3. The fourth-order valence-corrected chi connectivity index (χ4v) is 3.63. The Kier molecular flexibility index (Phi) is 2.54. The molecule has 0 atom stereocenters. The number of aromatic amines is 2. The van der Waals surface area contributed by atoms with Crippen LogP contribution in [-0.2, 0) is 0 Å². The average Bonchev–Trinajstić information content (AvgIpc) is 2.98. The van der Waals surface area contributed by atoms with Crippen LogP contribution in [0.25, 0.3) is 43.5 Å². The van der Waals surface area contributed by atoms with Gasteiger partial charge in [-0.2, -0.15) is 0 Å². The molecule has 2 N–H and O–H groups in total. The molecular formula is C20H14N2O2. The van der Waals surface area contributed by atoms with Crippen molar-refractivity contribution >= 4 is 43.5 Å². The largest absolute Gasteiger partial charge is 0.495 e. The first-order valence-corrected chi connectivity index (χ1v) is 7.80. The highest BCUT2D eigenvalue weighted by atomic mass is 16.5. The molecule has 5 aromatic rings. The SMILES string of the molecule is COc1c2c(=O)[nH]c3ccccc3c2cc2[nH]c3ccccc3c12. The van der Waals surface area contributed by atoms with Gasteiger partial charge in [-0.15, -0.1) is 0 Å². The van der Waals surface area contributed by atoms with E-state index in [0.717, 1.165) is 38.1 Å². The van der Waals surface area contributed by atoms with Crippen LogP contribution >= 0.6 is 0 Å². The maximum Gasteiger partial charge on any atom is 0.260 e. The van der Waals surface area contributed by atoms with E-state index in [9.17, 15) is 4.79 Å². The molecule has 0 aliphatic rings. The van der Waals surface area contributed by atoms with Crippen molar-refractivity contribution in [3.63, 3.8) is 0 Å². The lowest BCUT2D eigenvalue weighted by Gasteiger charge is -2.09. The summed E-state index contributed by atoms with van der Waals surface area (Å²) >= 11 is 0. The minimum atomic E-state index is -0.132. The number of ether oxygens (including phenoxy) is 1. The van der Waals surface area contributed by atoms with Crippen LogP contribution in [0.4, 0.5) is 0 Å². The number of pyridine rings is 1. The van der Waals surface area contributed by atoms with Crippen LogP contribution in [0.1, 0.15) is 0 Å². The van der Waals surface area contributed by atoms with Crippen LogP contribution in [-0.4, -0.2) is 17.1 Å². The Morgan fingerprint density at radius 3 is 2.17 bits per heavy atom. The molecule has 0 saturated heterocycles. The molecule has 0 fully saturated rings. The third kappa shape index (κ3) is 1.60. The molecule has 0 spiro atoms. The van der Waals surface area contributed by atoms with Crippen molar-refractivity contribution in [3.8, 4) is 5.75 Å². The van der Waals surface area contributed by atoms with Gasteiger partial charge in [0.1, 0.15) is 5.75 Å². The van der Waals surface area contributed by atoms with Gasteiger partial charge >= 0.3 is 0 Å². The van der Waals surface area contributed by atoms with Gasteiger partial charge in [0.15, 0.2) is 0 Å². The van der Waals surface area contributed by atoms with Gasteiger partial charge in [-0.25, -0.2) is 0 Å². The van der Waals surface area contributed by atoms with Crippen molar-refractivity contribution in [1.29, 1.82) is 0 Å². The van der Waals surface area contributed by atoms with Gasteiger partial charge in [-0.3, -0.25) is 4.79 Å². The summed E-state index contributed by atoms with van der Waals surface area (Å²) in [5.74, 6) is 0.618. The lowest BCUT2D eigenvalue weighted by atomic mass is 10.0. The molecule has 24 heavy (non-hydrogen) atoms. The second kappa shape index (κ2) is 4.61. The Morgan fingerprint density at radius 1 is 0.750 bits per heavy atom. The van der Waals surface area contributed by atoms with Crippen LogP contribution in [0.2, 0.25) is 0 Å². The minimum Gasteiger partial charge on any atom is -0.495 e. The van der Waals surface area contributed by atoms with Crippen LogP contribution < -0.4 is 10.3 Å². The van der Waals surface area contributed by atoms with E-state index in [1.807, 2.05) is 54.6 Å². The summed E-state index contributed by atoms with van der Waals surface area (Å²) in [5.41, 5.74) is 2.69. The second-order valence-electron chi connectivity index (χ2n) is 5.93. The summed E-state index contributed by atoms with van der Waals surface area (Å²) < 4.78 is 5.70. The third-order valence-electron chi connectivity index (χ3n) is 4.64. The summed E-state index contributed by atoms with van der Waals surface area (Å²) in [6.07, 6.45) is 0. The van der Waals surface area contributed by atoms with Gasteiger partial charge in [0.2, 0.25) is 0 Å². The Bertz CT molecular complexity index is 1310. The molecule has 116 valence electrons. The van der Waals surface area contributed by atoms with E-state index in [1.165, 1.54) is 0 Å². The van der Waals surface area contributed by atoms with Gasteiger partial charge in [0.05, 0.1) is 23.4 Å². The van der Waals surface area contributed by atoms with Crippen molar-refractivity contribution in [2.75, 3.05) is 7.11 Å². The molecular weight excluding hydrogens is 300 g/mol. The van der Waals surface area contributed by atoms with Crippen molar-refractivity contribution in [1.82, 2.24) is 9.97 Å². The molecule has 0 bridgehead atoms. The molecule has 2 heterocycles. The predicted molar refractivity (Wildman–Crippen MR) is 98.0 cm³/mol. The normalized spacial score (nSPS) is 11.7. The van der Waals surface area contributed by atoms with E-state index in [0.29, 0.717) is 11.1 Å². The quantitative estimate of drug-likeness (QED) is 0.453. The number of H-pyrrole nitrogens is 2. The smallest absolute Gasteiger partial charge is 0.260 e. The standard InChI is InChI=1S/C20H14N2O2/c1-24-19-17-12-7-3-5-9-15(12)21-16(17)10-13-11-6-2-4-8-14(11)22-20(23)18(13)19/h2-10,21H,1H3,(H,22,23). The maximum absolute atomic E-state index is 12.7. The Hall–Kier alpha value is -3.27. The summed E-state index contributed by atoms with van der Waals surface area (Å²) in [5, 5.41) is 4.49. The van der Waals surface area contributed by atoms with Gasteiger partial charge in [0, 0.05) is 27.2 Å². The molecule has 0 amide bonds. The molecule has 5 rings (SSSR count). The maximum atomic E-state index is 12.7. The molecule has 0 aliphatic carbocycles. The molecule has 4 heteroatoms. The molecule has 3 aromatic carbocycles. The number of aromatic nitrogens is 2. The lowest BCUT2D eigenvalue weighted by molar-refractivity contribution is 0.424. The van der Waals surface area contributed by atoms with Crippen molar-refractivity contribution < 1.29 is 4.74 Å². The van der Waals surface area contributed by atoms with E-state index >= 15 is 0 Å². The number of fused-ring (bicyclic) bond motifs is 6. The fraction of sp³-hybridized carbons (Fsp3) is 0.0500. The van der Waals surface area contributed by atoms with E-state index in [-0.39, 0.29) is 5.56 Å². The minimum absolute atomic E-state index is 0.132. The first-order chi connectivity index (χ1) is 11.8. The van der Waals surface area contributed by atoms with E-state index in [1.54, 1.807) is 7.11 Å². The molecule has 0 unspecified atom stereocenters. The van der Waals surface area contributed by atoms with E-state index in [2.05, 4.69) is 9.97 Å². The van der Waals surface area contributed by atoms with Crippen LogP contribution in [0.5, 0.6) is 5.75 Å². The molecule has 0 aliphatic heterocycles. The van der Waals surface area contributed by atoms with Crippen molar-refractivity contribution in [2.45, 2.75) is 0 Å². The zero-order valence-electron chi connectivity index (χ0n) is 13.0. The highest BCUT2D eigenvalue weighted by Gasteiger charge is 2.17. The lowest BCUT2D eigenvalue weighted by Crippen LogP contribution is -2.08. The topological polar surface area (TPSA) is 57.9 Å². The van der Waals surface area contributed by atoms with Gasteiger partial charge in [-0.05, 0) is 18.2 Å². The summed E-state index contributed by atoms with van der Waals surface area (Å²) in [7, 11) is 1.62. The first kappa shape index (κ1) is 13.2. The first-order valence-electron chi connectivity index (χ1n) is 7.80. The Balaban J connectivity index is 2.15. The molecule has 4 nitrogen and oxygen atoms in total. The molecule has 0 radical (unpaired) electrons. The van der Waals surface area contributed by atoms with Crippen molar-refractivity contribution in [2.24, 2.45) is 0 Å². The third-order valence-corrected chi connectivity index (χ3v) is 4.64. The number of hydrogen-bond acceptors (Lipinski definition) is 2. The summed E-state index contributed by atoms with van der Waals surface area (Å²) in [4.78, 5) is 19.1. The van der Waals surface area contributed by atoms with Gasteiger partial charge < -0.3 is 14.7 Å². The summed E-state index contributed by atoms with van der Waals surface area (Å²) in [6, 6.07) is 17.9. The monoisotopic (exact) mass is 314 g/mol. The number of nitrogens with one attached hydrogen (secondary N) is 2. The number of para-hydroxylation sites is 2. The van der Waals surface area contributed by atoms with Crippen molar-refractivity contribution in [3.05, 3.63) is 65.0 Å². The Labute approximate surface area is 136 Å². The fourth-order valence-electron chi connectivity index (χ4n) is 3.63. The zero-order valence-corrected chi connectivity index (χ0v) is 13.0. The number of rotatable bonds is 1. The summed E-state index contributed by atoms with van der Waals surface area (Å²) in [6.45, 7) is 0.